The Morgan fingerprint density at radius 3 is 2.09 bits per heavy atom. The van der Waals surface area contributed by atoms with Crippen LogP contribution in [0.15, 0.2) is 48.8 Å². The number of aromatic nitrogens is 1. The van der Waals surface area contributed by atoms with E-state index in [4.69, 9.17) is 0 Å². The van der Waals surface area contributed by atoms with Gasteiger partial charge in [0.25, 0.3) is 0 Å². The number of halogens is 1. The fourth-order valence-corrected chi connectivity index (χ4v) is 2.67. The monoisotopic (exact) mass is 361 g/mol. The molecule has 1 nitrogen and oxygen atoms in total. The summed E-state index contributed by atoms with van der Waals surface area (Å²) in [6.45, 7) is 5.52. The second kappa shape index (κ2) is 10.6. The maximum absolute atomic E-state index is 2.31. The summed E-state index contributed by atoms with van der Waals surface area (Å²) in [6, 6.07) is 13.5. The Morgan fingerprint density at radius 1 is 0.864 bits per heavy atom. The first-order valence-corrected chi connectivity index (χ1v) is 8.31. The van der Waals surface area contributed by atoms with Gasteiger partial charge in [-0.05, 0) is 49.8 Å². The molecule has 0 N–H and O–H groups in total. The Kier molecular flexibility index (Phi) is 9.07. The largest absolute Gasteiger partial charge is 1.00 e. The van der Waals surface area contributed by atoms with Crippen molar-refractivity contribution in [2.75, 3.05) is 0 Å². The van der Waals surface area contributed by atoms with Crippen molar-refractivity contribution in [2.45, 2.75) is 58.9 Å². The second-order valence-electron chi connectivity index (χ2n) is 6.00. The van der Waals surface area contributed by atoms with E-state index in [1.54, 1.807) is 0 Å². The van der Waals surface area contributed by atoms with Gasteiger partial charge in [-0.25, -0.2) is 4.57 Å². The normalized spacial score (nSPS) is 10.3. The molecule has 0 saturated carbocycles. The van der Waals surface area contributed by atoms with Gasteiger partial charge in [0, 0.05) is 18.1 Å². The van der Waals surface area contributed by atoms with Gasteiger partial charge >= 0.3 is 0 Å². The van der Waals surface area contributed by atoms with Crippen LogP contribution in [0.25, 0.3) is 0 Å². The molecule has 2 rings (SSSR count). The smallest absolute Gasteiger partial charge is 0.171 e. The van der Waals surface area contributed by atoms with Crippen LogP contribution in [0.5, 0.6) is 0 Å². The maximum atomic E-state index is 2.31. The lowest BCUT2D eigenvalue weighted by atomic mass is 10.0. The highest BCUT2D eigenvalue weighted by Crippen LogP contribution is 2.10. The Bertz CT molecular complexity index is 534. The molecule has 0 aliphatic carbocycles. The van der Waals surface area contributed by atoms with Crippen molar-refractivity contribution in [1.29, 1.82) is 0 Å². The molecule has 22 heavy (non-hydrogen) atoms. The van der Waals surface area contributed by atoms with Gasteiger partial charge in [0.2, 0.25) is 0 Å². The molecule has 0 radical (unpaired) electrons. The van der Waals surface area contributed by atoms with Gasteiger partial charge in [-0.2, -0.15) is 0 Å². The van der Waals surface area contributed by atoms with Crippen molar-refractivity contribution in [3.63, 3.8) is 0 Å². The number of benzene rings is 1. The van der Waals surface area contributed by atoms with Gasteiger partial charge in [-0.3, -0.25) is 0 Å². The zero-order valence-electron chi connectivity index (χ0n) is 13.9. The third-order valence-electron chi connectivity index (χ3n) is 3.98. The first-order chi connectivity index (χ1) is 10.3. The Hall–Kier alpha value is -1.15. The van der Waals surface area contributed by atoms with Crippen LogP contribution in [0.4, 0.5) is 0 Å². The van der Waals surface area contributed by atoms with Gasteiger partial charge in [0.15, 0.2) is 12.4 Å². The van der Waals surface area contributed by atoms with E-state index in [-0.39, 0.29) is 17.0 Å². The number of rotatable bonds is 8. The van der Waals surface area contributed by atoms with E-state index in [1.165, 1.54) is 55.2 Å². The standard InChI is InChI=1S/C20H28N.BrH/c1-3-4-9-19-11-13-20(14-12-19)10-5-6-15-21-16-7-8-18(2)17-21;/h7-8,11-14,16-17H,3-6,9-10,15H2,1-2H3;1H/q+1;/p-1. The second-order valence-corrected chi connectivity index (χ2v) is 6.00. The molecule has 2 heteroatoms. The predicted octanol–water partition coefficient (Wildman–Crippen LogP) is 1.65. The van der Waals surface area contributed by atoms with E-state index in [9.17, 15) is 0 Å². The van der Waals surface area contributed by atoms with Crippen molar-refractivity contribution in [3.05, 3.63) is 65.5 Å². The summed E-state index contributed by atoms with van der Waals surface area (Å²) in [5.41, 5.74) is 4.29. The number of nitrogens with zero attached hydrogens (tertiary/aromatic N) is 1. The predicted molar refractivity (Wildman–Crippen MR) is 89.4 cm³/mol. The molecule has 1 aromatic carbocycles. The molecular formula is C20H28BrN. The molecule has 0 saturated heterocycles. The highest BCUT2D eigenvalue weighted by Gasteiger charge is 2.01. The summed E-state index contributed by atoms with van der Waals surface area (Å²) < 4.78 is 2.29. The lowest BCUT2D eigenvalue weighted by Crippen LogP contribution is -3.00. The lowest BCUT2D eigenvalue weighted by Gasteiger charge is -2.04. The van der Waals surface area contributed by atoms with Crippen LogP contribution in [0.2, 0.25) is 0 Å². The van der Waals surface area contributed by atoms with Crippen LogP contribution in [0.3, 0.4) is 0 Å². The Labute approximate surface area is 146 Å². The van der Waals surface area contributed by atoms with Crippen molar-refractivity contribution >= 4 is 0 Å². The number of pyridine rings is 1. The van der Waals surface area contributed by atoms with Crippen molar-refractivity contribution in [3.8, 4) is 0 Å². The molecule has 0 unspecified atom stereocenters. The van der Waals surface area contributed by atoms with E-state index in [2.05, 4.69) is 67.2 Å². The Balaban J connectivity index is 0.00000242. The van der Waals surface area contributed by atoms with E-state index in [1.807, 2.05) is 0 Å². The molecule has 0 aliphatic rings. The van der Waals surface area contributed by atoms with Crippen molar-refractivity contribution in [1.82, 2.24) is 0 Å². The molecule has 0 spiro atoms. The van der Waals surface area contributed by atoms with Gasteiger partial charge in [-0.1, -0.05) is 37.6 Å². The first-order valence-electron chi connectivity index (χ1n) is 8.31. The molecule has 0 fully saturated rings. The van der Waals surface area contributed by atoms with Crippen LogP contribution in [0, 0.1) is 6.92 Å². The maximum Gasteiger partial charge on any atom is 0.171 e. The fourth-order valence-electron chi connectivity index (χ4n) is 2.67. The summed E-state index contributed by atoms with van der Waals surface area (Å²) in [5.74, 6) is 0. The molecule has 0 bridgehead atoms. The molecule has 0 atom stereocenters. The van der Waals surface area contributed by atoms with Crippen LogP contribution >= 0.6 is 0 Å². The van der Waals surface area contributed by atoms with Crippen molar-refractivity contribution < 1.29 is 21.5 Å². The third kappa shape index (κ3) is 6.74. The molecule has 0 amide bonds. The number of hydrogen-bond acceptors (Lipinski definition) is 0. The van der Waals surface area contributed by atoms with Gasteiger partial charge < -0.3 is 17.0 Å². The van der Waals surface area contributed by atoms with Crippen LogP contribution in [0.1, 0.15) is 49.3 Å². The van der Waals surface area contributed by atoms with Crippen LogP contribution in [-0.4, -0.2) is 0 Å². The highest BCUT2D eigenvalue weighted by atomic mass is 79.9. The lowest BCUT2D eigenvalue weighted by molar-refractivity contribution is -0.697. The van der Waals surface area contributed by atoms with Crippen LogP contribution in [-0.2, 0) is 19.4 Å². The summed E-state index contributed by atoms with van der Waals surface area (Å²) in [6.07, 6.45) is 11.9. The van der Waals surface area contributed by atoms with E-state index < -0.39 is 0 Å². The van der Waals surface area contributed by atoms with Crippen molar-refractivity contribution in [2.24, 2.45) is 0 Å². The van der Waals surface area contributed by atoms with Gasteiger partial charge in [-0.15, -0.1) is 0 Å². The average molecular weight is 362 g/mol. The molecule has 0 aliphatic heterocycles. The zero-order chi connectivity index (χ0) is 14.9. The summed E-state index contributed by atoms with van der Waals surface area (Å²) in [7, 11) is 0. The molecule has 120 valence electrons. The number of hydrogen-bond donors (Lipinski definition) is 0. The van der Waals surface area contributed by atoms with E-state index >= 15 is 0 Å². The van der Waals surface area contributed by atoms with E-state index in [0.29, 0.717) is 0 Å². The molecular weight excluding hydrogens is 334 g/mol. The third-order valence-corrected chi connectivity index (χ3v) is 3.98. The zero-order valence-corrected chi connectivity index (χ0v) is 15.5. The topological polar surface area (TPSA) is 3.88 Å². The van der Waals surface area contributed by atoms with Gasteiger partial charge in [0.1, 0.15) is 6.54 Å². The SMILES string of the molecule is CCCCc1ccc(CCCC[n+]2cccc(C)c2)cc1.[Br-]. The summed E-state index contributed by atoms with van der Waals surface area (Å²) >= 11 is 0. The van der Waals surface area contributed by atoms with Crippen LogP contribution < -0.4 is 21.5 Å². The van der Waals surface area contributed by atoms with Gasteiger partial charge in [0.05, 0.1) is 0 Å². The number of aryl methyl sites for hydroxylation is 4. The molecule has 1 heterocycles. The molecule has 1 aromatic heterocycles. The Morgan fingerprint density at radius 2 is 1.50 bits per heavy atom. The van der Waals surface area contributed by atoms with E-state index in [0.717, 1.165) is 6.54 Å². The average Bonchev–Trinajstić information content (AvgIpc) is 2.51. The minimum absolute atomic E-state index is 0. The summed E-state index contributed by atoms with van der Waals surface area (Å²) in [5, 5.41) is 0. The summed E-state index contributed by atoms with van der Waals surface area (Å²) in [4.78, 5) is 0. The molecule has 2 aromatic rings. The fraction of sp³-hybridized carbons (Fsp3) is 0.450. The first kappa shape index (κ1) is 18.9. The highest BCUT2D eigenvalue weighted by molar-refractivity contribution is 5.22. The quantitative estimate of drug-likeness (QED) is 0.497. The number of unbranched alkanes of at least 4 members (excludes halogenated alkanes) is 2. The minimum atomic E-state index is 0. The minimum Gasteiger partial charge on any atom is -1.00 e.